The molecule has 168 valence electrons. The standard InChI is InChI=1S/C19H33F2N3O5/c1-10(2)7-14(24-19(28)29-15(11(3)4)16(20)21)18(27)23-13(9-25)8-12-5-6-22-17(12)26/h10-16,25H,5-9H2,1-4H3,(H,22,26)(H,23,27)(H,24,28)/t12-,13-,14-,15?/m0/s1. The van der Waals surface area contributed by atoms with E-state index in [9.17, 15) is 28.3 Å². The number of carbonyl (C=O) groups is 3. The molecule has 0 radical (unpaired) electrons. The molecule has 1 aliphatic heterocycles. The third kappa shape index (κ3) is 8.51. The summed E-state index contributed by atoms with van der Waals surface area (Å²) >= 11 is 0. The van der Waals surface area contributed by atoms with E-state index in [0.29, 0.717) is 13.0 Å². The number of halogens is 2. The van der Waals surface area contributed by atoms with E-state index in [1.165, 1.54) is 13.8 Å². The van der Waals surface area contributed by atoms with E-state index in [4.69, 9.17) is 4.74 Å². The molecule has 1 heterocycles. The molecule has 4 N–H and O–H groups in total. The monoisotopic (exact) mass is 421 g/mol. The molecule has 0 aromatic carbocycles. The molecule has 10 heteroatoms. The van der Waals surface area contributed by atoms with Gasteiger partial charge >= 0.3 is 6.09 Å². The largest absolute Gasteiger partial charge is 0.440 e. The van der Waals surface area contributed by atoms with Crippen LogP contribution in [0.15, 0.2) is 0 Å². The third-order valence-corrected chi connectivity index (χ3v) is 4.76. The van der Waals surface area contributed by atoms with Crippen LogP contribution in [0.2, 0.25) is 0 Å². The lowest BCUT2D eigenvalue weighted by molar-refractivity contribution is -0.126. The molecule has 0 bridgehead atoms. The Bertz CT molecular complexity index is 552. The number of aliphatic hydroxyl groups is 1. The van der Waals surface area contributed by atoms with Crippen LogP contribution in [0.25, 0.3) is 0 Å². The van der Waals surface area contributed by atoms with Gasteiger partial charge in [-0.15, -0.1) is 0 Å². The number of hydrogen-bond donors (Lipinski definition) is 4. The van der Waals surface area contributed by atoms with Gasteiger partial charge in [0.2, 0.25) is 11.8 Å². The Hall–Kier alpha value is -1.97. The SMILES string of the molecule is CC(C)C[C@H](NC(=O)OC(C(C)C)C(F)F)C(=O)N[C@H](CO)C[C@@H]1CCNC1=O. The maximum absolute atomic E-state index is 13.0. The average molecular weight is 421 g/mol. The molecule has 0 aromatic heterocycles. The Balaban J connectivity index is 2.72. The molecule has 8 nitrogen and oxygen atoms in total. The van der Waals surface area contributed by atoms with E-state index in [1.807, 2.05) is 13.8 Å². The third-order valence-electron chi connectivity index (χ3n) is 4.76. The van der Waals surface area contributed by atoms with Gasteiger partial charge in [0.05, 0.1) is 12.6 Å². The predicted octanol–water partition coefficient (Wildman–Crippen LogP) is 1.42. The Morgan fingerprint density at radius 3 is 2.34 bits per heavy atom. The van der Waals surface area contributed by atoms with Crippen molar-refractivity contribution in [2.75, 3.05) is 13.2 Å². The van der Waals surface area contributed by atoms with Crippen LogP contribution in [-0.4, -0.2) is 60.8 Å². The first-order valence-electron chi connectivity index (χ1n) is 9.99. The summed E-state index contributed by atoms with van der Waals surface area (Å²) in [6.07, 6.45) is -4.37. The zero-order valence-electron chi connectivity index (χ0n) is 17.4. The van der Waals surface area contributed by atoms with Crippen molar-refractivity contribution >= 4 is 17.9 Å². The molecule has 0 saturated carbocycles. The van der Waals surface area contributed by atoms with Crippen molar-refractivity contribution in [2.45, 2.75) is 71.6 Å². The van der Waals surface area contributed by atoms with E-state index in [1.54, 1.807) is 0 Å². The predicted molar refractivity (Wildman–Crippen MR) is 102 cm³/mol. The fourth-order valence-corrected chi connectivity index (χ4v) is 3.18. The normalized spacial score (nSPS) is 19.8. The fraction of sp³-hybridized carbons (Fsp3) is 0.842. The van der Waals surface area contributed by atoms with Gasteiger partial charge in [-0.3, -0.25) is 9.59 Å². The van der Waals surface area contributed by atoms with Gasteiger partial charge in [0.15, 0.2) is 6.10 Å². The minimum Gasteiger partial charge on any atom is -0.440 e. The van der Waals surface area contributed by atoms with Crippen LogP contribution in [-0.2, 0) is 14.3 Å². The highest BCUT2D eigenvalue weighted by Gasteiger charge is 2.32. The summed E-state index contributed by atoms with van der Waals surface area (Å²) in [4.78, 5) is 36.4. The highest BCUT2D eigenvalue weighted by atomic mass is 19.3. The first-order valence-corrected chi connectivity index (χ1v) is 9.99. The van der Waals surface area contributed by atoms with Crippen LogP contribution >= 0.6 is 0 Å². The molecule has 3 amide bonds. The van der Waals surface area contributed by atoms with E-state index in [2.05, 4.69) is 16.0 Å². The lowest BCUT2D eigenvalue weighted by Crippen LogP contribution is -2.52. The van der Waals surface area contributed by atoms with Gasteiger partial charge in [0.25, 0.3) is 6.43 Å². The van der Waals surface area contributed by atoms with E-state index in [0.717, 1.165) is 0 Å². The van der Waals surface area contributed by atoms with Gasteiger partial charge < -0.3 is 25.8 Å². The molecule has 0 aliphatic carbocycles. The van der Waals surface area contributed by atoms with Gasteiger partial charge in [-0.25, -0.2) is 13.6 Å². The number of hydrogen-bond acceptors (Lipinski definition) is 5. The fourth-order valence-electron chi connectivity index (χ4n) is 3.18. The maximum atomic E-state index is 13.0. The summed E-state index contributed by atoms with van der Waals surface area (Å²) in [5, 5.41) is 17.3. The molecule has 1 unspecified atom stereocenters. The minimum atomic E-state index is -2.84. The van der Waals surface area contributed by atoms with Crippen molar-refractivity contribution in [2.24, 2.45) is 17.8 Å². The molecule has 29 heavy (non-hydrogen) atoms. The smallest absolute Gasteiger partial charge is 0.408 e. The molecule has 1 saturated heterocycles. The van der Waals surface area contributed by atoms with Gasteiger partial charge in [0.1, 0.15) is 6.04 Å². The Morgan fingerprint density at radius 2 is 1.90 bits per heavy atom. The molecule has 0 aromatic rings. The van der Waals surface area contributed by atoms with Gasteiger partial charge in [-0.2, -0.15) is 0 Å². The summed E-state index contributed by atoms with van der Waals surface area (Å²) in [5.74, 6) is -1.55. The Kier molecular flexibility index (Phi) is 10.3. The Labute approximate surface area is 170 Å². The lowest BCUT2D eigenvalue weighted by Gasteiger charge is -2.26. The number of rotatable bonds is 11. The van der Waals surface area contributed by atoms with Crippen molar-refractivity contribution in [3.8, 4) is 0 Å². The molecular formula is C19H33F2N3O5. The number of carbonyl (C=O) groups excluding carboxylic acids is 3. The minimum absolute atomic E-state index is 0.0234. The van der Waals surface area contributed by atoms with Crippen LogP contribution in [0.4, 0.5) is 13.6 Å². The number of ether oxygens (including phenoxy) is 1. The summed E-state index contributed by atoms with van der Waals surface area (Å²) in [5.41, 5.74) is 0. The second-order valence-corrected chi connectivity index (χ2v) is 8.18. The zero-order valence-corrected chi connectivity index (χ0v) is 17.4. The topological polar surface area (TPSA) is 117 Å². The molecular weight excluding hydrogens is 388 g/mol. The summed E-state index contributed by atoms with van der Waals surface area (Å²) in [6, 6.07) is -1.67. The van der Waals surface area contributed by atoms with Crippen LogP contribution in [0.5, 0.6) is 0 Å². The zero-order chi connectivity index (χ0) is 22.1. The lowest BCUT2D eigenvalue weighted by atomic mass is 9.97. The van der Waals surface area contributed by atoms with Crippen molar-refractivity contribution in [1.82, 2.24) is 16.0 Å². The first kappa shape index (κ1) is 25.1. The summed E-state index contributed by atoms with van der Waals surface area (Å²) < 4.78 is 30.8. The van der Waals surface area contributed by atoms with Gasteiger partial charge in [-0.05, 0) is 31.1 Å². The highest BCUT2D eigenvalue weighted by Crippen LogP contribution is 2.17. The van der Waals surface area contributed by atoms with E-state index >= 15 is 0 Å². The van der Waals surface area contributed by atoms with Crippen LogP contribution in [0, 0.1) is 17.8 Å². The quantitative estimate of drug-likeness (QED) is 0.403. The maximum Gasteiger partial charge on any atom is 0.408 e. The van der Waals surface area contributed by atoms with Crippen LogP contribution in [0.3, 0.4) is 0 Å². The molecule has 0 spiro atoms. The number of amides is 3. The van der Waals surface area contributed by atoms with Crippen LogP contribution < -0.4 is 16.0 Å². The van der Waals surface area contributed by atoms with Gasteiger partial charge in [0, 0.05) is 12.5 Å². The van der Waals surface area contributed by atoms with Crippen LogP contribution in [0.1, 0.15) is 47.0 Å². The van der Waals surface area contributed by atoms with Crippen molar-refractivity contribution < 1.29 is 33.0 Å². The molecule has 1 fully saturated rings. The second kappa shape index (κ2) is 11.9. The first-order chi connectivity index (χ1) is 13.5. The number of nitrogens with one attached hydrogen (secondary N) is 3. The average Bonchev–Trinajstić information content (AvgIpc) is 3.02. The summed E-state index contributed by atoms with van der Waals surface area (Å²) in [6.45, 7) is 6.89. The van der Waals surface area contributed by atoms with E-state index < -0.39 is 42.5 Å². The highest BCUT2D eigenvalue weighted by molar-refractivity contribution is 5.86. The molecule has 4 atom stereocenters. The molecule has 1 aliphatic rings. The summed E-state index contributed by atoms with van der Waals surface area (Å²) in [7, 11) is 0. The molecule has 1 rings (SSSR count). The number of aliphatic hydroxyl groups excluding tert-OH is 1. The second-order valence-electron chi connectivity index (χ2n) is 8.18. The number of alkyl carbamates (subject to hydrolysis) is 1. The Morgan fingerprint density at radius 1 is 1.24 bits per heavy atom. The van der Waals surface area contributed by atoms with Crippen molar-refractivity contribution in [3.05, 3.63) is 0 Å². The number of alkyl halides is 2. The van der Waals surface area contributed by atoms with Crippen molar-refractivity contribution in [3.63, 3.8) is 0 Å². The van der Waals surface area contributed by atoms with E-state index in [-0.39, 0.29) is 37.2 Å². The van der Waals surface area contributed by atoms with Gasteiger partial charge in [-0.1, -0.05) is 27.7 Å². The van der Waals surface area contributed by atoms with Crippen molar-refractivity contribution in [1.29, 1.82) is 0 Å².